The van der Waals surface area contributed by atoms with Crippen LogP contribution in [-0.2, 0) is 4.79 Å². The Labute approximate surface area is 136 Å². The van der Waals surface area contributed by atoms with E-state index in [-0.39, 0.29) is 18.4 Å². The molecule has 0 aromatic heterocycles. The van der Waals surface area contributed by atoms with Gasteiger partial charge in [0.1, 0.15) is 5.75 Å². The number of carbonyl (C=O) groups is 2. The maximum absolute atomic E-state index is 11.9. The minimum Gasteiger partial charge on any atom is -0.497 e. The molecule has 2 rings (SSSR count). The molecule has 2 aromatic carbocycles. The van der Waals surface area contributed by atoms with Crippen LogP contribution in [0.1, 0.15) is 10.4 Å². The van der Waals surface area contributed by atoms with Crippen molar-refractivity contribution in [3.05, 3.63) is 58.6 Å². The van der Waals surface area contributed by atoms with Gasteiger partial charge in [0, 0.05) is 15.7 Å². The van der Waals surface area contributed by atoms with Crippen molar-refractivity contribution in [1.82, 2.24) is 5.32 Å². The van der Waals surface area contributed by atoms with Gasteiger partial charge in [-0.1, -0.05) is 15.9 Å². The van der Waals surface area contributed by atoms with Crippen LogP contribution in [0.5, 0.6) is 5.75 Å². The van der Waals surface area contributed by atoms with Crippen LogP contribution in [0, 0.1) is 0 Å². The van der Waals surface area contributed by atoms with Crippen molar-refractivity contribution in [2.24, 2.45) is 0 Å². The van der Waals surface area contributed by atoms with Crippen LogP contribution in [-0.4, -0.2) is 25.5 Å². The molecular weight excluding hydrogens is 348 g/mol. The first-order valence-corrected chi connectivity index (χ1v) is 7.35. The highest BCUT2D eigenvalue weighted by Gasteiger charge is 2.08. The first-order valence-electron chi connectivity index (χ1n) is 6.56. The van der Waals surface area contributed by atoms with Gasteiger partial charge in [-0.2, -0.15) is 0 Å². The summed E-state index contributed by atoms with van der Waals surface area (Å²) in [4.78, 5) is 23.7. The smallest absolute Gasteiger partial charge is 0.251 e. The van der Waals surface area contributed by atoms with Crippen LogP contribution in [0.4, 0.5) is 5.69 Å². The number of rotatable bonds is 5. The summed E-state index contributed by atoms with van der Waals surface area (Å²) in [6.07, 6.45) is 0. The van der Waals surface area contributed by atoms with E-state index in [1.54, 1.807) is 43.5 Å². The van der Waals surface area contributed by atoms with Gasteiger partial charge in [-0.05, 0) is 48.5 Å². The van der Waals surface area contributed by atoms with Gasteiger partial charge in [-0.25, -0.2) is 0 Å². The molecule has 0 atom stereocenters. The molecule has 114 valence electrons. The zero-order valence-electron chi connectivity index (χ0n) is 11.9. The Bertz CT molecular complexity index is 654. The maximum atomic E-state index is 11.9. The number of carbonyl (C=O) groups excluding carboxylic acids is 2. The number of hydrogen-bond donors (Lipinski definition) is 2. The summed E-state index contributed by atoms with van der Waals surface area (Å²) in [6.45, 7) is -0.0963. The van der Waals surface area contributed by atoms with E-state index in [4.69, 9.17) is 4.74 Å². The first kappa shape index (κ1) is 16.0. The second kappa shape index (κ2) is 7.61. The number of anilines is 1. The number of halogens is 1. The molecule has 0 unspecified atom stereocenters. The summed E-state index contributed by atoms with van der Waals surface area (Å²) in [5.74, 6) is 0.0716. The first-order chi connectivity index (χ1) is 10.6. The van der Waals surface area contributed by atoms with Gasteiger partial charge in [0.05, 0.1) is 13.7 Å². The Balaban J connectivity index is 1.84. The summed E-state index contributed by atoms with van der Waals surface area (Å²) in [7, 11) is 1.56. The van der Waals surface area contributed by atoms with Crippen LogP contribution >= 0.6 is 15.9 Å². The maximum Gasteiger partial charge on any atom is 0.251 e. The third-order valence-electron chi connectivity index (χ3n) is 2.89. The summed E-state index contributed by atoms with van der Waals surface area (Å²) >= 11 is 3.32. The van der Waals surface area contributed by atoms with E-state index in [2.05, 4.69) is 26.6 Å². The average Bonchev–Trinajstić information content (AvgIpc) is 2.55. The number of methoxy groups -OCH3 is 1. The van der Waals surface area contributed by atoms with Gasteiger partial charge >= 0.3 is 0 Å². The fourth-order valence-electron chi connectivity index (χ4n) is 1.74. The van der Waals surface area contributed by atoms with Crippen molar-refractivity contribution in [2.75, 3.05) is 19.0 Å². The highest BCUT2D eigenvalue weighted by Crippen LogP contribution is 2.14. The second-order valence-electron chi connectivity index (χ2n) is 4.47. The molecule has 0 saturated heterocycles. The van der Waals surface area contributed by atoms with Crippen LogP contribution in [0.3, 0.4) is 0 Å². The minimum absolute atomic E-state index is 0.0963. The van der Waals surface area contributed by atoms with Crippen molar-refractivity contribution in [1.29, 1.82) is 0 Å². The quantitative estimate of drug-likeness (QED) is 0.859. The van der Waals surface area contributed by atoms with Crippen LogP contribution in [0.15, 0.2) is 53.0 Å². The molecule has 2 N–H and O–H groups in total. The second-order valence-corrected chi connectivity index (χ2v) is 5.38. The molecule has 0 aliphatic carbocycles. The predicted molar refractivity (Wildman–Crippen MR) is 88.1 cm³/mol. The van der Waals surface area contributed by atoms with Gasteiger partial charge in [-0.15, -0.1) is 0 Å². The van der Waals surface area contributed by atoms with Crippen molar-refractivity contribution < 1.29 is 14.3 Å². The molecular formula is C16H15BrN2O3. The summed E-state index contributed by atoms with van der Waals surface area (Å²) in [5, 5.41) is 5.27. The highest BCUT2D eigenvalue weighted by atomic mass is 79.9. The standard InChI is InChI=1S/C16H15BrN2O3/c1-22-14-8-2-11(3-9-14)16(21)18-10-15(20)19-13-6-4-12(17)5-7-13/h2-9H,10H2,1H3,(H,18,21)(H,19,20). The molecule has 6 heteroatoms. The number of hydrogen-bond acceptors (Lipinski definition) is 3. The van der Waals surface area contributed by atoms with Gasteiger partial charge in [-0.3, -0.25) is 9.59 Å². The van der Waals surface area contributed by atoms with E-state index < -0.39 is 0 Å². The monoisotopic (exact) mass is 362 g/mol. The van der Waals surface area contributed by atoms with Crippen LogP contribution < -0.4 is 15.4 Å². The Morgan fingerprint density at radius 2 is 1.68 bits per heavy atom. The zero-order valence-corrected chi connectivity index (χ0v) is 13.5. The predicted octanol–water partition coefficient (Wildman–Crippen LogP) is 2.83. The van der Waals surface area contributed by atoms with E-state index in [1.165, 1.54) is 0 Å². The lowest BCUT2D eigenvalue weighted by Gasteiger charge is -2.07. The Hall–Kier alpha value is -2.34. The molecule has 0 aliphatic heterocycles. The zero-order chi connectivity index (χ0) is 15.9. The van der Waals surface area contributed by atoms with E-state index in [0.29, 0.717) is 17.0 Å². The molecule has 0 bridgehead atoms. The molecule has 0 radical (unpaired) electrons. The normalized spacial score (nSPS) is 9.91. The van der Waals surface area contributed by atoms with E-state index in [9.17, 15) is 9.59 Å². The largest absolute Gasteiger partial charge is 0.497 e. The molecule has 2 amide bonds. The van der Waals surface area contributed by atoms with Crippen molar-refractivity contribution in [3.63, 3.8) is 0 Å². The topological polar surface area (TPSA) is 67.4 Å². The third kappa shape index (κ3) is 4.60. The van der Waals surface area contributed by atoms with Crippen molar-refractivity contribution in [3.8, 4) is 5.75 Å². The number of nitrogens with one attached hydrogen (secondary N) is 2. The molecule has 0 fully saturated rings. The van der Waals surface area contributed by atoms with Crippen LogP contribution in [0.2, 0.25) is 0 Å². The SMILES string of the molecule is COc1ccc(C(=O)NCC(=O)Nc2ccc(Br)cc2)cc1. The van der Waals surface area contributed by atoms with E-state index >= 15 is 0 Å². The van der Waals surface area contributed by atoms with Crippen molar-refractivity contribution in [2.45, 2.75) is 0 Å². The lowest BCUT2D eigenvalue weighted by Crippen LogP contribution is -2.32. The summed E-state index contributed by atoms with van der Waals surface area (Å²) in [5.41, 5.74) is 1.14. The Morgan fingerprint density at radius 3 is 2.27 bits per heavy atom. The Morgan fingerprint density at radius 1 is 1.05 bits per heavy atom. The Kier molecular flexibility index (Phi) is 5.55. The number of amides is 2. The van der Waals surface area contributed by atoms with Gasteiger partial charge < -0.3 is 15.4 Å². The molecule has 2 aromatic rings. The van der Waals surface area contributed by atoms with E-state index in [1.807, 2.05) is 12.1 Å². The fourth-order valence-corrected chi connectivity index (χ4v) is 2.01. The molecule has 22 heavy (non-hydrogen) atoms. The summed E-state index contributed by atoms with van der Waals surface area (Å²) in [6, 6.07) is 13.9. The lowest BCUT2D eigenvalue weighted by atomic mass is 10.2. The average molecular weight is 363 g/mol. The number of ether oxygens (including phenoxy) is 1. The molecule has 0 heterocycles. The highest BCUT2D eigenvalue weighted by molar-refractivity contribution is 9.10. The third-order valence-corrected chi connectivity index (χ3v) is 3.42. The number of benzene rings is 2. The van der Waals surface area contributed by atoms with E-state index in [0.717, 1.165) is 4.47 Å². The van der Waals surface area contributed by atoms with Crippen molar-refractivity contribution >= 4 is 33.4 Å². The molecule has 0 saturated carbocycles. The van der Waals surface area contributed by atoms with Gasteiger partial charge in [0.15, 0.2) is 0 Å². The molecule has 5 nitrogen and oxygen atoms in total. The van der Waals surface area contributed by atoms with Crippen LogP contribution in [0.25, 0.3) is 0 Å². The summed E-state index contributed by atoms with van der Waals surface area (Å²) < 4.78 is 5.95. The molecule has 0 spiro atoms. The molecule has 0 aliphatic rings. The van der Waals surface area contributed by atoms with Gasteiger partial charge in [0.2, 0.25) is 5.91 Å². The lowest BCUT2D eigenvalue weighted by molar-refractivity contribution is -0.115. The fraction of sp³-hybridized carbons (Fsp3) is 0.125. The minimum atomic E-state index is -0.311. The van der Waals surface area contributed by atoms with Gasteiger partial charge in [0.25, 0.3) is 5.91 Å².